The van der Waals surface area contributed by atoms with E-state index in [1.54, 1.807) is 0 Å². The normalized spacial score (nSPS) is 12.1. The first-order valence-electron chi connectivity index (χ1n) is 5.62. The predicted molar refractivity (Wildman–Crippen MR) is 58.4 cm³/mol. The van der Waals surface area contributed by atoms with E-state index < -0.39 is 12.8 Å². The number of ether oxygens (including phenoxy) is 1. The van der Waals surface area contributed by atoms with Gasteiger partial charge in [-0.2, -0.15) is 18.4 Å². The molecule has 0 unspecified atom stereocenters. The molecule has 6 heteroatoms. The Morgan fingerprint density at radius 1 is 1.29 bits per heavy atom. The number of rotatable bonds is 8. The second kappa shape index (κ2) is 8.31. The van der Waals surface area contributed by atoms with Gasteiger partial charge in [0.05, 0.1) is 6.07 Å². The lowest BCUT2D eigenvalue weighted by Gasteiger charge is -2.25. The molecule has 0 aromatic rings. The number of hydrogen-bond donors (Lipinski definition) is 0. The van der Waals surface area contributed by atoms with Gasteiger partial charge in [0.25, 0.3) is 0 Å². The highest BCUT2D eigenvalue weighted by molar-refractivity contribution is 4.73. The summed E-state index contributed by atoms with van der Waals surface area (Å²) in [7, 11) is 0. The van der Waals surface area contributed by atoms with Gasteiger partial charge in [0.2, 0.25) is 0 Å². The zero-order chi connectivity index (χ0) is 13.3. The Balaban J connectivity index is 3.65. The van der Waals surface area contributed by atoms with Gasteiger partial charge in [-0.05, 0) is 20.3 Å². The average molecular weight is 252 g/mol. The molecule has 0 rings (SSSR count). The Labute approximate surface area is 100 Å². The summed E-state index contributed by atoms with van der Waals surface area (Å²) in [4.78, 5) is 2.06. The van der Waals surface area contributed by atoms with Crippen molar-refractivity contribution in [2.24, 2.45) is 0 Å². The molecule has 0 atom stereocenters. The van der Waals surface area contributed by atoms with Gasteiger partial charge >= 0.3 is 6.18 Å². The molecule has 0 amide bonds. The fourth-order valence-corrected chi connectivity index (χ4v) is 1.38. The van der Waals surface area contributed by atoms with Crippen molar-refractivity contribution in [2.75, 3.05) is 26.3 Å². The van der Waals surface area contributed by atoms with Crippen LogP contribution in [0.2, 0.25) is 0 Å². The van der Waals surface area contributed by atoms with Crippen LogP contribution in [-0.4, -0.2) is 43.4 Å². The molecule has 0 aromatic heterocycles. The van der Waals surface area contributed by atoms with Gasteiger partial charge in [-0.25, -0.2) is 0 Å². The van der Waals surface area contributed by atoms with Crippen LogP contribution in [0.25, 0.3) is 0 Å². The summed E-state index contributed by atoms with van der Waals surface area (Å²) in [6.45, 7) is 4.19. The van der Waals surface area contributed by atoms with Crippen LogP contribution in [0.3, 0.4) is 0 Å². The number of halogens is 3. The molecule has 100 valence electrons. The smallest absolute Gasteiger partial charge is 0.372 e. The van der Waals surface area contributed by atoms with Crippen LogP contribution in [0.15, 0.2) is 0 Å². The molecular weight excluding hydrogens is 233 g/mol. The molecule has 0 spiro atoms. The van der Waals surface area contributed by atoms with Crippen LogP contribution >= 0.6 is 0 Å². The third-order valence-corrected chi connectivity index (χ3v) is 2.24. The lowest BCUT2D eigenvalue weighted by Crippen LogP contribution is -2.33. The number of alkyl halides is 3. The Morgan fingerprint density at radius 2 is 1.94 bits per heavy atom. The van der Waals surface area contributed by atoms with E-state index in [-0.39, 0.29) is 12.6 Å². The van der Waals surface area contributed by atoms with Crippen LogP contribution in [0.5, 0.6) is 0 Å². The first-order chi connectivity index (χ1) is 7.87. The van der Waals surface area contributed by atoms with E-state index in [1.165, 1.54) is 0 Å². The largest absolute Gasteiger partial charge is 0.411 e. The van der Waals surface area contributed by atoms with Gasteiger partial charge in [-0.1, -0.05) is 0 Å². The molecule has 0 fully saturated rings. The topological polar surface area (TPSA) is 36.3 Å². The summed E-state index contributed by atoms with van der Waals surface area (Å²) in [6, 6.07) is 2.34. The maximum absolute atomic E-state index is 11.8. The van der Waals surface area contributed by atoms with Crippen molar-refractivity contribution in [1.82, 2.24) is 4.90 Å². The highest BCUT2D eigenvalue weighted by Crippen LogP contribution is 2.14. The summed E-state index contributed by atoms with van der Waals surface area (Å²) in [5, 5.41) is 8.47. The number of hydrogen-bond acceptors (Lipinski definition) is 3. The minimum atomic E-state index is -4.25. The van der Waals surface area contributed by atoms with Crippen molar-refractivity contribution < 1.29 is 17.9 Å². The van der Waals surface area contributed by atoms with Crippen LogP contribution in [0, 0.1) is 11.3 Å². The molecule has 0 saturated carbocycles. The van der Waals surface area contributed by atoms with E-state index in [0.717, 1.165) is 0 Å². The van der Waals surface area contributed by atoms with E-state index in [4.69, 9.17) is 5.26 Å². The highest BCUT2D eigenvalue weighted by Gasteiger charge is 2.27. The van der Waals surface area contributed by atoms with Gasteiger partial charge < -0.3 is 4.74 Å². The number of nitrogens with zero attached hydrogens (tertiary/aromatic N) is 2. The van der Waals surface area contributed by atoms with Crippen molar-refractivity contribution in [3.8, 4) is 6.07 Å². The molecular formula is C11H19F3N2O. The summed E-state index contributed by atoms with van der Waals surface area (Å²) < 4.78 is 39.8. The van der Waals surface area contributed by atoms with Crippen LogP contribution < -0.4 is 0 Å². The standard InChI is InChI=1S/C11H19F3N2O/c1-10(2)16(6-3-5-15)7-4-8-17-9-11(12,13)14/h10H,3-4,6-9H2,1-2H3. The summed E-state index contributed by atoms with van der Waals surface area (Å²) >= 11 is 0. The summed E-state index contributed by atoms with van der Waals surface area (Å²) in [5.41, 5.74) is 0. The Hall–Kier alpha value is -0.800. The zero-order valence-corrected chi connectivity index (χ0v) is 10.3. The van der Waals surface area contributed by atoms with E-state index in [1.807, 2.05) is 13.8 Å². The Bertz CT molecular complexity index is 236. The quantitative estimate of drug-likeness (QED) is 0.623. The van der Waals surface area contributed by atoms with E-state index >= 15 is 0 Å². The fraction of sp³-hybridized carbons (Fsp3) is 0.909. The van der Waals surface area contributed by atoms with Gasteiger partial charge in [-0.3, -0.25) is 4.90 Å². The maximum atomic E-state index is 11.8. The van der Waals surface area contributed by atoms with Crippen LogP contribution in [0.4, 0.5) is 13.2 Å². The molecule has 0 aliphatic heterocycles. The minimum absolute atomic E-state index is 0.0925. The molecule has 3 nitrogen and oxygen atoms in total. The maximum Gasteiger partial charge on any atom is 0.411 e. The molecule has 0 heterocycles. The number of nitriles is 1. The molecule has 0 aliphatic rings. The third-order valence-electron chi connectivity index (χ3n) is 2.24. The van der Waals surface area contributed by atoms with Gasteiger partial charge in [-0.15, -0.1) is 0 Å². The monoisotopic (exact) mass is 252 g/mol. The molecule has 0 radical (unpaired) electrons. The summed E-state index contributed by atoms with van der Waals surface area (Å²) in [6.07, 6.45) is -3.28. The van der Waals surface area contributed by atoms with Crippen molar-refractivity contribution in [1.29, 1.82) is 5.26 Å². The fourth-order valence-electron chi connectivity index (χ4n) is 1.38. The molecule has 0 N–H and O–H groups in total. The summed E-state index contributed by atoms with van der Waals surface area (Å²) in [5.74, 6) is 0. The first-order valence-corrected chi connectivity index (χ1v) is 5.62. The lowest BCUT2D eigenvalue weighted by molar-refractivity contribution is -0.174. The molecule has 0 bridgehead atoms. The average Bonchev–Trinajstić information content (AvgIpc) is 2.20. The minimum Gasteiger partial charge on any atom is -0.372 e. The Morgan fingerprint density at radius 3 is 2.41 bits per heavy atom. The van der Waals surface area contributed by atoms with Gasteiger partial charge in [0, 0.05) is 32.2 Å². The van der Waals surface area contributed by atoms with Gasteiger partial charge in [0.1, 0.15) is 6.61 Å². The van der Waals surface area contributed by atoms with Crippen molar-refractivity contribution in [3.05, 3.63) is 0 Å². The second-order valence-corrected chi connectivity index (χ2v) is 4.06. The Kier molecular flexibility index (Phi) is 7.92. The molecule has 0 aromatic carbocycles. The SMILES string of the molecule is CC(C)N(CCC#N)CCCOCC(F)(F)F. The molecule has 0 saturated heterocycles. The van der Waals surface area contributed by atoms with Crippen LogP contribution in [0.1, 0.15) is 26.7 Å². The molecule has 17 heavy (non-hydrogen) atoms. The van der Waals surface area contributed by atoms with Crippen molar-refractivity contribution in [3.63, 3.8) is 0 Å². The molecule has 0 aliphatic carbocycles. The second-order valence-electron chi connectivity index (χ2n) is 4.06. The highest BCUT2D eigenvalue weighted by atomic mass is 19.4. The predicted octanol–water partition coefficient (Wildman–Crippen LogP) is 2.58. The van der Waals surface area contributed by atoms with E-state index in [2.05, 4.69) is 15.7 Å². The first kappa shape index (κ1) is 16.2. The third kappa shape index (κ3) is 10.1. The van der Waals surface area contributed by atoms with Gasteiger partial charge in [0.15, 0.2) is 0 Å². The van der Waals surface area contributed by atoms with Crippen molar-refractivity contribution in [2.45, 2.75) is 38.9 Å². The van der Waals surface area contributed by atoms with Crippen molar-refractivity contribution >= 4 is 0 Å². The van der Waals surface area contributed by atoms with Crippen LogP contribution in [-0.2, 0) is 4.74 Å². The lowest BCUT2D eigenvalue weighted by atomic mass is 10.2. The van der Waals surface area contributed by atoms with E-state index in [0.29, 0.717) is 25.9 Å². The van der Waals surface area contributed by atoms with E-state index in [9.17, 15) is 13.2 Å². The zero-order valence-electron chi connectivity index (χ0n) is 10.3.